The summed E-state index contributed by atoms with van der Waals surface area (Å²) in [5.74, 6) is 0.0654. The fourth-order valence-corrected chi connectivity index (χ4v) is 3.47. The fourth-order valence-electron chi connectivity index (χ4n) is 3.47. The predicted molar refractivity (Wildman–Crippen MR) is 104 cm³/mol. The van der Waals surface area contributed by atoms with Gasteiger partial charge in [0.15, 0.2) is 6.61 Å². The second-order valence-corrected chi connectivity index (χ2v) is 7.09. The third-order valence-corrected chi connectivity index (χ3v) is 4.88. The molecule has 3 rings (SSSR count). The molecule has 0 fully saturated rings. The van der Waals surface area contributed by atoms with Gasteiger partial charge in [-0.3, -0.25) is 20.4 Å². The average molecular weight is 366 g/mol. The van der Waals surface area contributed by atoms with Crippen LogP contribution in [0.3, 0.4) is 0 Å². The molecule has 1 aliphatic rings. The first-order valence-corrected chi connectivity index (χ1v) is 9.40. The molecule has 0 radical (unpaired) electrons. The Morgan fingerprint density at radius 1 is 0.926 bits per heavy atom. The largest absolute Gasteiger partial charge is 0.483 e. The van der Waals surface area contributed by atoms with Gasteiger partial charge in [-0.1, -0.05) is 36.4 Å². The maximum Gasteiger partial charge on any atom is 0.276 e. The number of hydrogen-bond donors (Lipinski definition) is 2. The van der Waals surface area contributed by atoms with Gasteiger partial charge in [-0.2, -0.15) is 0 Å². The van der Waals surface area contributed by atoms with Crippen molar-refractivity contribution in [3.8, 4) is 5.75 Å². The normalized spacial score (nSPS) is 12.8. The van der Waals surface area contributed by atoms with Crippen molar-refractivity contribution in [1.82, 2.24) is 10.9 Å². The van der Waals surface area contributed by atoms with Crippen LogP contribution in [0.1, 0.15) is 40.7 Å². The number of hydrazine groups is 1. The van der Waals surface area contributed by atoms with E-state index in [1.54, 1.807) is 0 Å². The molecule has 2 N–H and O–H groups in total. The summed E-state index contributed by atoms with van der Waals surface area (Å²) in [5.41, 5.74) is 10.5. The molecule has 1 aliphatic carbocycles. The molecule has 5 nitrogen and oxygen atoms in total. The number of hydrogen-bond acceptors (Lipinski definition) is 3. The lowest BCUT2D eigenvalue weighted by molar-refractivity contribution is -0.129. The monoisotopic (exact) mass is 366 g/mol. The Morgan fingerprint density at radius 3 is 2.33 bits per heavy atom. The lowest BCUT2D eigenvalue weighted by Crippen LogP contribution is -2.44. The van der Waals surface area contributed by atoms with E-state index in [9.17, 15) is 9.59 Å². The van der Waals surface area contributed by atoms with Crippen LogP contribution in [0.2, 0.25) is 0 Å². The number of carbonyl (C=O) groups is 2. The molecule has 0 aliphatic heterocycles. The van der Waals surface area contributed by atoms with Crippen molar-refractivity contribution in [1.29, 1.82) is 0 Å². The highest BCUT2D eigenvalue weighted by Gasteiger charge is 2.12. The molecule has 0 heterocycles. The zero-order chi connectivity index (χ0) is 19.2. The molecule has 2 aromatic carbocycles. The van der Waals surface area contributed by atoms with Crippen LogP contribution in [0.5, 0.6) is 5.75 Å². The van der Waals surface area contributed by atoms with E-state index in [4.69, 9.17) is 4.74 Å². The summed E-state index contributed by atoms with van der Waals surface area (Å²) in [7, 11) is 0. The Bertz CT molecular complexity index is 825. The van der Waals surface area contributed by atoms with E-state index >= 15 is 0 Å². The standard InChI is InChI=1S/C22H26N2O3/c1-15-6-5-7-16(2)22(15)27-14-21(26)24-23-20(25)13-17-10-11-18-8-3-4-9-19(18)12-17/h5-7,10-12H,3-4,8-9,13-14H2,1-2H3,(H,23,25)(H,24,26). The van der Waals surface area contributed by atoms with Crippen molar-refractivity contribution in [3.63, 3.8) is 0 Å². The molecule has 0 aromatic heterocycles. The van der Waals surface area contributed by atoms with Gasteiger partial charge in [-0.15, -0.1) is 0 Å². The summed E-state index contributed by atoms with van der Waals surface area (Å²) < 4.78 is 5.58. The average Bonchev–Trinajstić information content (AvgIpc) is 2.66. The molecular formula is C22H26N2O3. The van der Waals surface area contributed by atoms with Crippen LogP contribution in [0.15, 0.2) is 36.4 Å². The first-order chi connectivity index (χ1) is 13.0. The topological polar surface area (TPSA) is 67.4 Å². The van der Waals surface area contributed by atoms with Crippen molar-refractivity contribution >= 4 is 11.8 Å². The van der Waals surface area contributed by atoms with Gasteiger partial charge in [0, 0.05) is 0 Å². The highest BCUT2D eigenvalue weighted by Crippen LogP contribution is 2.23. The zero-order valence-electron chi connectivity index (χ0n) is 15.9. The molecule has 142 valence electrons. The van der Waals surface area contributed by atoms with Crippen molar-refractivity contribution in [2.24, 2.45) is 0 Å². The van der Waals surface area contributed by atoms with Crippen molar-refractivity contribution in [3.05, 3.63) is 64.2 Å². The van der Waals surface area contributed by atoms with Gasteiger partial charge in [0.1, 0.15) is 5.75 Å². The summed E-state index contributed by atoms with van der Waals surface area (Å²) >= 11 is 0. The SMILES string of the molecule is Cc1cccc(C)c1OCC(=O)NNC(=O)Cc1ccc2c(c1)CCCC2. The maximum absolute atomic E-state index is 12.1. The van der Waals surface area contributed by atoms with Crippen LogP contribution in [-0.4, -0.2) is 18.4 Å². The summed E-state index contributed by atoms with van der Waals surface area (Å²) in [6, 6.07) is 12.0. The quantitative estimate of drug-likeness (QED) is 0.800. The van der Waals surface area contributed by atoms with E-state index in [1.807, 2.05) is 38.1 Å². The zero-order valence-corrected chi connectivity index (χ0v) is 15.9. The van der Waals surface area contributed by atoms with Gasteiger partial charge in [0.25, 0.3) is 5.91 Å². The molecule has 5 heteroatoms. The molecular weight excluding hydrogens is 340 g/mol. The van der Waals surface area contributed by atoms with E-state index < -0.39 is 5.91 Å². The van der Waals surface area contributed by atoms with Crippen LogP contribution in [0.25, 0.3) is 0 Å². The first kappa shape index (κ1) is 19.0. The van der Waals surface area contributed by atoms with Crippen LogP contribution in [-0.2, 0) is 28.9 Å². The van der Waals surface area contributed by atoms with Gasteiger partial charge in [0.05, 0.1) is 6.42 Å². The van der Waals surface area contributed by atoms with Crippen LogP contribution < -0.4 is 15.6 Å². The summed E-state index contributed by atoms with van der Waals surface area (Å²) in [4.78, 5) is 24.0. The van der Waals surface area contributed by atoms with Crippen molar-refractivity contribution in [2.75, 3.05) is 6.61 Å². The summed E-state index contributed by atoms with van der Waals surface area (Å²) in [6.07, 6.45) is 4.89. The summed E-state index contributed by atoms with van der Waals surface area (Å²) in [5, 5.41) is 0. The van der Waals surface area contributed by atoms with E-state index in [0.29, 0.717) is 5.75 Å². The highest BCUT2D eigenvalue weighted by molar-refractivity contribution is 5.84. The van der Waals surface area contributed by atoms with E-state index in [-0.39, 0.29) is 18.9 Å². The number of amides is 2. The number of para-hydroxylation sites is 1. The molecule has 0 bridgehead atoms. The Morgan fingerprint density at radius 2 is 1.59 bits per heavy atom. The Kier molecular flexibility index (Phi) is 6.12. The van der Waals surface area contributed by atoms with Gasteiger partial charge < -0.3 is 4.74 Å². The number of fused-ring (bicyclic) bond motifs is 1. The minimum absolute atomic E-state index is 0.148. The molecule has 0 unspecified atom stereocenters. The first-order valence-electron chi connectivity index (χ1n) is 9.40. The molecule has 2 amide bonds. The van der Waals surface area contributed by atoms with E-state index in [0.717, 1.165) is 29.5 Å². The molecule has 0 saturated carbocycles. The Balaban J connectivity index is 1.45. The highest BCUT2D eigenvalue weighted by atomic mass is 16.5. The summed E-state index contributed by atoms with van der Waals surface area (Å²) in [6.45, 7) is 3.71. The van der Waals surface area contributed by atoms with E-state index in [1.165, 1.54) is 24.0 Å². The van der Waals surface area contributed by atoms with Crippen LogP contribution in [0, 0.1) is 13.8 Å². The number of rotatable bonds is 5. The van der Waals surface area contributed by atoms with Gasteiger partial charge in [-0.05, 0) is 67.3 Å². The predicted octanol–water partition coefficient (Wildman–Crippen LogP) is 2.95. The second kappa shape index (κ2) is 8.71. The number of benzene rings is 2. The lowest BCUT2D eigenvalue weighted by Gasteiger charge is -2.16. The third-order valence-electron chi connectivity index (χ3n) is 4.88. The Labute approximate surface area is 160 Å². The number of aryl methyl sites for hydroxylation is 4. The molecule has 0 atom stereocenters. The third kappa shape index (κ3) is 5.09. The number of ether oxygens (including phenoxy) is 1. The van der Waals surface area contributed by atoms with Gasteiger partial charge in [0.2, 0.25) is 5.91 Å². The lowest BCUT2D eigenvalue weighted by atomic mass is 9.90. The van der Waals surface area contributed by atoms with Crippen molar-refractivity contribution < 1.29 is 14.3 Å². The van der Waals surface area contributed by atoms with Crippen molar-refractivity contribution in [2.45, 2.75) is 46.0 Å². The smallest absolute Gasteiger partial charge is 0.276 e. The molecule has 0 spiro atoms. The minimum atomic E-state index is -0.392. The maximum atomic E-state index is 12.1. The second-order valence-electron chi connectivity index (χ2n) is 7.09. The van der Waals surface area contributed by atoms with Crippen LogP contribution in [0.4, 0.5) is 0 Å². The van der Waals surface area contributed by atoms with E-state index in [2.05, 4.69) is 23.0 Å². The molecule has 2 aromatic rings. The Hall–Kier alpha value is -2.82. The number of carbonyl (C=O) groups excluding carboxylic acids is 2. The molecule has 0 saturated heterocycles. The fraction of sp³-hybridized carbons (Fsp3) is 0.364. The molecule has 27 heavy (non-hydrogen) atoms. The minimum Gasteiger partial charge on any atom is -0.483 e. The number of nitrogens with one attached hydrogen (secondary N) is 2. The van der Waals surface area contributed by atoms with Gasteiger partial charge >= 0.3 is 0 Å². The van der Waals surface area contributed by atoms with Crippen LogP contribution >= 0.6 is 0 Å². The van der Waals surface area contributed by atoms with Gasteiger partial charge in [-0.25, -0.2) is 0 Å².